The Morgan fingerprint density at radius 1 is 1.09 bits per heavy atom. The largest absolute Gasteiger partial charge is 0.502 e. The number of aromatic amines is 1. The van der Waals surface area contributed by atoms with E-state index < -0.39 is 0 Å². The smallest absolute Gasteiger partial charge is 0.200 e. The molecule has 2 aromatic carbocycles. The van der Waals surface area contributed by atoms with Crippen LogP contribution in [0.1, 0.15) is 25.5 Å². The molecule has 0 saturated carbocycles. The predicted molar refractivity (Wildman–Crippen MR) is 123 cm³/mol. The van der Waals surface area contributed by atoms with E-state index in [0.29, 0.717) is 22.2 Å². The zero-order chi connectivity index (χ0) is 22.7. The van der Waals surface area contributed by atoms with Gasteiger partial charge in [-0.15, -0.1) is 0 Å². The van der Waals surface area contributed by atoms with Gasteiger partial charge < -0.3 is 24.1 Å². The molecule has 0 unspecified atom stereocenters. The first-order valence-electron chi connectivity index (χ1n) is 10.3. The van der Waals surface area contributed by atoms with E-state index in [-0.39, 0.29) is 28.7 Å². The highest BCUT2D eigenvalue weighted by molar-refractivity contribution is 6.15. The number of hydrogen-bond acceptors (Lipinski definition) is 6. The molecule has 0 aliphatic carbocycles. The van der Waals surface area contributed by atoms with E-state index in [1.54, 1.807) is 31.2 Å². The summed E-state index contributed by atoms with van der Waals surface area (Å²) in [5, 5.41) is 15.3. The van der Waals surface area contributed by atoms with Gasteiger partial charge in [0, 0.05) is 34.1 Å². The van der Waals surface area contributed by atoms with E-state index >= 15 is 0 Å². The summed E-state index contributed by atoms with van der Waals surface area (Å²) in [5.41, 5.74) is 4.41. The van der Waals surface area contributed by atoms with Gasteiger partial charge in [0.2, 0.25) is 5.75 Å². The molecule has 0 saturated heterocycles. The molecule has 5 aromatic rings. The van der Waals surface area contributed by atoms with Crippen molar-refractivity contribution in [3.8, 4) is 28.4 Å². The quantitative estimate of drug-likeness (QED) is 0.418. The van der Waals surface area contributed by atoms with Crippen molar-refractivity contribution in [2.24, 2.45) is 0 Å². The third-order valence-electron chi connectivity index (χ3n) is 5.85. The summed E-state index contributed by atoms with van der Waals surface area (Å²) in [5.74, 6) is 0.473. The number of rotatable bonds is 4. The minimum absolute atomic E-state index is 0.0805. The third kappa shape index (κ3) is 2.69. The molecular formula is C24H23N3O5. The van der Waals surface area contributed by atoms with Crippen LogP contribution in [0.2, 0.25) is 0 Å². The van der Waals surface area contributed by atoms with Crippen molar-refractivity contribution in [3.63, 3.8) is 0 Å². The number of ether oxygens (including phenoxy) is 2. The summed E-state index contributed by atoms with van der Waals surface area (Å²) in [6, 6.07) is 6.90. The first-order chi connectivity index (χ1) is 15.3. The maximum absolute atomic E-state index is 12.2. The number of benzene rings is 2. The minimum atomic E-state index is -0.0874. The lowest BCUT2D eigenvalue weighted by molar-refractivity contribution is 0.340. The van der Waals surface area contributed by atoms with Crippen LogP contribution in [0.15, 0.2) is 39.7 Å². The predicted octanol–water partition coefficient (Wildman–Crippen LogP) is 4.90. The van der Waals surface area contributed by atoms with Gasteiger partial charge in [-0.25, -0.2) is 4.98 Å². The fourth-order valence-corrected chi connectivity index (χ4v) is 4.18. The number of nitrogens with zero attached hydrogens (tertiary/aromatic N) is 2. The average molecular weight is 433 g/mol. The number of hydrogen-bond donors (Lipinski definition) is 2. The van der Waals surface area contributed by atoms with Crippen LogP contribution in [0.3, 0.4) is 0 Å². The first kappa shape index (κ1) is 20.0. The first-order valence-corrected chi connectivity index (χ1v) is 10.3. The van der Waals surface area contributed by atoms with E-state index in [1.807, 2.05) is 10.9 Å². The van der Waals surface area contributed by atoms with Gasteiger partial charge in [0.25, 0.3) is 0 Å². The zero-order valence-electron chi connectivity index (χ0n) is 18.4. The van der Waals surface area contributed by atoms with Crippen LogP contribution in [0, 0.1) is 6.92 Å². The molecule has 0 spiro atoms. The summed E-state index contributed by atoms with van der Waals surface area (Å²) in [4.78, 5) is 17.2. The molecular weight excluding hydrogens is 410 g/mol. The molecule has 5 rings (SSSR count). The number of methoxy groups -OCH3 is 2. The van der Waals surface area contributed by atoms with Crippen LogP contribution in [0.25, 0.3) is 44.2 Å². The second-order valence-electron chi connectivity index (χ2n) is 8.04. The number of aromatic nitrogens is 3. The molecule has 32 heavy (non-hydrogen) atoms. The van der Waals surface area contributed by atoms with Crippen molar-refractivity contribution in [3.05, 3.63) is 46.2 Å². The van der Waals surface area contributed by atoms with Gasteiger partial charge in [0.05, 0.1) is 14.2 Å². The highest BCUT2D eigenvalue weighted by Gasteiger charge is 2.24. The molecule has 0 radical (unpaired) electrons. The molecule has 8 nitrogen and oxygen atoms in total. The van der Waals surface area contributed by atoms with Crippen LogP contribution >= 0.6 is 0 Å². The van der Waals surface area contributed by atoms with Crippen LogP contribution < -0.4 is 14.9 Å². The summed E-state index contributed by atoms with van der Waals surface area (Å²) in [7, 11) is 2.97. The van der Waals surface area contributed by atoms with E-state index in [1.165, 1.54) is 14.2 Å². The lowest BCUT2D eigenvalue weighted by Gasteiger charge is -2.13. The van der Waals surface area contributed by atoms with Crippen molar-refractivity contribution in [1.29, 1.82) is 0 Å². The van der Waals surface area contributed by atoms with E-state index in [4.69, 9.17) is 18.9 Å². The number of fused-ring (bicyclic) bond motifs is 4. The van der Waals surface area contributed by atoms with Gasteiger partial charge in [-0.2, -0.15) is 0 Å². The Morgan fingerprint density at radius 2 is 1.78 bits per heavy atom. The van der Waals surface area contributed by atoms with Gasteiger partial charge >= 0.3 is 0 Å². The minimum Gasteiger partial charge on any atom is -0.502 e. The summed E-state index contributed by atoms with van der Waals surface area (Å²) in [6.45, 7) is 5.88. The Hall–Kier alpha value is -3.94. The number of aryl methyl sites for hydroxylation is 1. The second-order valence-corrected chi connectivity index (χ2v) is 8.04. The average Bonchev–Trinajstić information content (AvgIpc) is 3.37. The molecule has 0 bridgehead atoms. The van der Waals surface area contributed by atoms with Crippen molar-refractivity contribution in [2.75, 3.05) is 14.2 Å². The van der Waals surface area contributed by atoms with Crippen molar-refractivity contribution < 1.29 is 19.0 Å². The number of nitrogens with one attached hydrogen (secondary N) is 1. The number of phenolic OH excluding ortho intramolecular Hbond substituents is 1. The van der Waals surface area contributed by atoms with Crippen molar-refractivity contribution in [2.45, 2.75) is 26.8 Å². The topological polar surface area (TPSA) is 103 Å². The summed E-state index contributed by atoms with van der Waals surface area (Å²) < 4.78 is 19.0. The normalized spacial score (nSPS) is 11.8. The number of aromatic hydroxyl groups is 1. The molecule has 3 heterocycles. The number of pyridine rings is 1. The molecule has 2 N–H and O–H groups in total. The van der Waals surface area contributed by atoms with E-state index in [2.05, 4.69) is 18.9 Å². The molecule has 3 aromatic heterocycles. The monoisotopic (exact) mass is 433 g/mol. The SMILES string of the molecule is COc1cc(-c2c3c[nH]n(C(C)C)c3nc3c2oc2c(C)c(=O)ccc23)cc(OC)c1O. The Labute approximate surface area is 183 Å². The molecule has 0 amide bonds. The molecule has 164 valence electrons. The molecule has 0 atom stereocenters. The Balaban J connectivity index is 2.00. The Morgan fingerprint density at radius 3 is 2.41 bits per heavy atom. The van der Waals surface area contributed by atoms with Gasteiger partial charge in [-0.3, -0.25) is 9.48 Å². The summed E-state index contributed by atoms with van der Waals surface area (Å²) >= 11 is 0. The fourth-order valence-electron chi connectivity index (χ4n) is 4.18. The standard InChI is InChI=1S/C24H23N3O5/c1-11(2)27-24-15(10-25-27)19(13-8-17(30-4)21(29)18(9-13)31-5)23-20(26-24)14-6-7-16(28)12(3)22(14)32-23/h6-11,25,29H,1-5H3. The van der Waals surface area contributed by atoms with Gasteiger partial charge in [-0.1, -0.05) is 0 Å². The highest BCUT2D eigenvalue weighted by Crippen LogP contribution is 2.45. The van der Waals surface area contributed by atoms with Crippen LogP contribution in [-0.4, -0.2) is 34.1 Å². The maximum atomic E-state index is 12.2. The van der Waals surface area contributed by atoms with Crippen molar-refractivity contribution in [1.82, 2.24) is 14.8 Å². The lowest BCUT2D eigenvalue weighted by atomic mass is 10.0. The van der Waals surface area contributed by atoms with Gasteiger partial charge in [-0.05, 0) is 50.6 Å². The van der Waals surface area contributed by atoms with Gasteiger partial charge in [0.15, 0.2) is 28.2 Å². The molecule has 0 fully saturated rings. The van der Waals surface area contributed by atoms with Crippen LogP contribution in [-0.2, 0) is 0 Å². The molecule has 0 aliphatic heterocycles. The zero-order valence-corrected chi connectivity index (χ0v) is 18.4. The molecule has 0 aliphatic rings. The number of furan rings is 1. The van der Waals surface area contributed by atoms with E-state index in [0.717, 1.165) is 27.5 Å². The van der Waals surface area contributed by atoms with Crippen molar-refractivity contribution >= 4 is 33.1 Å². The Bertz CT molecular complexity index is 1550. The highest BCUT2D eigenvalue weighted by atomic mass is 16.5. The van der Waals surface area contributed by atoms with E-state index in [9.17, 15) is 9.90 Å². The second kappa shape index (κ2) is 7.05. The van der Waals surface area contributed by atoms with Crippen LogP contribution in [0.4, 0.5) is 0 Å². The lowest BCUT2D eigenvalue weighted by Crippen LogP contribution is -2.03. The van der Waals surface area contributed by atoms with Gasteiger partial charge in [0.1, 0.15) is 11.1 Å². The maximum Gasteiger partial charge on any atom is 0.200 e. The summed E-state index contributed by atoms with van der Waals surface area (Å²) in [6.07, 6.45) is 1.88. The third-order valence-corrected chi connectivity index (χ3v) is 5.85. The fraction of sp³-hybridized carbons (Fsp3) is 0.250. The van der Waals surface area contributed by atoms with Crippen LogP contribution in [0.5, 0.6) is 17.2 Å². The Kier molecular flexibility index (Phi) is 4.40. The molecule has 8 heteroatoms. The number of H-pyrrole nitrogens is 1. The number of phenols is 1.